The van der Waals surface area contributed by atoms with Crippen LogP contribution in [0.15, 0.2) is 24.3 Å². The van der Waals surface area contributed by atoms with Gasteiger partial charge in [-0.15, -0.1) is 0 Å². The molecule has 1 aliphatic rings. The van der Waals surface area contributed by atoms with Crippen LogP contribution >= 0.6 is 0 Å². The average Bonchev–Trinajstić information content (AvgIpc) is 2.39. The highest BCUT2D eigenvalue weighted by Gasteiger charge is 2.13. The Labute approximate surface area is 107 Å². The van der Waals surface area contributed by atoms with E-state index in [0.29, 0.717) is 13.1 Å². The standard InChI is InChI=1S/C14H19FN2O/c15-13-6-4-12(5-7-13)10-16-14(18)11-17-8-2-1-3-9-17/h4-7H,1-3,8-11H2,(H,16,18). The number of carbonyl (C=O) groups is 1. The number of amides is 1. The number of piperidine rings is 1. The van der Waals surface area contributed by atoms with Gasteiger partial charge in [-0.3, -0.25) is 9.69 Å². The summed E-state index contributed by atoms with van der Waals surface area (Å²) < 4.78 is 12.7. The summed E-state index contributed by atoms with van der Waals surface area (Å²) in [5.41, 5.74) is 0.920. The first-order valence-corrected chi connectivity index (χ1v) is 6.47. The summed E-state index contributed by atoms with van der Waals surface area (Å²) in [6, 6.07) is 6.20. The van der Waals surface area contributed by atoms with Crippen molar-refractivity contribution in [3.05, 3.63) is 35.6 Å². The number of nitrogens with zero attached hydrogens (tertiary/aromatic N) is 1. The Hall–Kier alpha value is -1.42. The predicted molar refractivity (Wildman–Crippen MR) is 68.5 cm³/mol. The summed E-state index contributed by atoms with van der Waals surface area (Å²) in [6.07, 6.45) is 3.64. The van der Waals surface area contributed by atoms with Gasteiger partial charge in [0.1, 0.15) is 5.82 Å². The second kappa shape index (κ2) is 6.50. The topological polar surface area (TPSA) is 32.3 Å². The Morgan fingerprint density at radius 3 is 2.50 bits per heavy atom. The number of rotatable bonds is 4. The minimum Gasteiger partial charge on any atom is -0.351 e. The number of carbonyl (C=O) groups excluding carboxylic acids is 1. The highest BCUT2D eigenvalue weighted by atomic mass is 19.1. The van der Waals surface area contributed by atoms with E-state index in [1.54, 1.807) is 12.1 Å². The molecule has 1 fully saturated rings. The van der Waals surface area contributed by atoms with Crippen molar-refractivity contribution in [2.75, 3.05) is 19.6 Å². The molecule has 98 valence electrons. The molecule has 0 radical (unpaired) electrons. The van der Waals surface area contributed by atoms with E-state index >= 15 is 0 Å². The fourth-order valence-electron chi connectivity index (χ4n) is 2.18. The molecule has 4 heteroatoms. The van der Waals surface area contributed by atoms with Gasteiger partial charge in [-0.25, -0.2) is 4.39 Å². The molecule has 0 bridgehead atoms. The second-order valence-corrected chi connectivity index (χ2v) is 4.74. The molecule has 1 aliphatic heterocycles. The molecule has 1 amide bonds. The van der Waals surface area contributed by atoms with Crippen LogP contribution in [-0.4, -0.2) is 30.4 Å². The number of hydrogen-bond donors (Lipinski definition) is 1. The lowest BCUT2D eigenvalue weighted by Crippen LogP contribution is -2.39. The van der Waals surface area contributed by atoms with Gasteiger partial charge in [0.2, 0.25) is 5.91 Å². The molecular weight excluding hydrogens is 231 g/mol. The Morgan fingerprint density at radius 1 is 1.17 bits per heavy atom. The molecule has 1 aromatic rings. The van der Waals surface area contributed by atoms with Crippen LogP contribution in [0, 0.1) is 5.82 Å². The van der Waals surface area contributed by atoms with Crippen LogP contribution in [0.25, 0.3) is 0 Å². The van der Waals surface area contributed by atoms with E-state index in [-0.39, 0.29) is 11.7 Å². The van der Waals surface area contributed by atoms with Gasteiger partial charge in [-0.2, -0.15) is 0 Å². The maximum atomic E-state index is 12.7. The minimum absolute atomic E-state index is 0.0428. The van der Waals surface area contributed by atoms with Crippen molar-refractivity contribution in [2.45, 2.75) is 25.8 Å². The lowest BCUT2D eigenvalue weighted by atomic mass is 10.1. The van der Waals surface area contributed by atoms with Crippen LogP contribution in [0.5, 0.6) is 0 Å². The molecule has 0 aliphatic carbocycles. The highest BCUT2D eigenvalue weighted by Crippen LogP contribution is 2.07. The van der Waals surface area contributed by atoms with Gasteiger partial charge < -0.3 is 5.32 Å². The molecule has 1 N–H and O–H groups in total. The van der Waals surface area contributed by atoms with Crippen LogP contribution in [0.4, 0.5) is 4.39 Å². The zero-order valence-electron chi connectivity index (χ0n) is 10.5. The SMILES string of the molecule is O=C(CN1CCCCC1)NCc1ccc(F)cc1. The van der Waals surface area contributed by atoms with Crippen molar-refractivity contribution in [1.82, 2.24) is 10.2 Å². The lowest BCUT2D eigenvalue weighted by Gasteiger charge is -2.25. The van der Waals surface area contributed by atoms with Crippen molar-refractivity contribution in [3.63, 3.8) is 0 Å². The summed E-state index contributed by atoms with van der Waals surface area (Å²) in [7, 11) is 0. The summed E-state index contributed by atoms with van der Waals surface area (Å²) in [5, 5.41) is 2.86. The van der Waals surface area contributed by atoms with Crippen LogP contribution < -0.4 is 5.32 Å². The summed E-state index contributed by atoms with van der Waals surface area (Å²) >= 11 is 0. The van der Waals surface area contributed by atoms with Gasteiger partial charge >= 0.3 is 0 Å². The molecule has 0 aromatic heterocycles. The van der Waals surface area contributed by atoms with Gasteiger partial charge in [0.15, 0.2) is 0 Å². The molecule has 18 heavy (non-hydrogen) atoms. The monoisotopic (exact) mass is 250 g/mol. The lowest BCUT2D eigenvalue weighted by molar-refractivity contribution is -0.122. The van der Waals surface area contributed by atoms with E-state index in [1.807, 2.05) is 0 Å². The zero-order valence-corrected chi connectivity index (χ0v) is 10.5. The van der Waals surface area contributed by atoms with Crippen molar-refractivity contribution in [3.8, 4) is 0 Å². The van der Waals surface area contributed by atoms with Gasteiger partial charge in [-0.05, 0) is 43.6 Å². The van der Waals surface area contributed by atoms with Gasteiger partial charge in [0, 0.05) is 6.54 Å². The van der Waals surface area contributed by atoms with E-state index in [1.165, 1.54) is 31.4 Å². The van der Waals surface area contributed by atoms with Gasteiger partial charge in [0.05, 0.1) is 6.54 Å². The maximum absolute atomic E-state index is 12.7. The molecule has 1 heterocycles. The first kappa shape index (κ1) is 13.0. The zero-order chi connectivity index (χ0) is 12.8. The van der Waals surface area contributed by atoms with Gasteiger partial charge in [-0.1, -0.05) is 18.6 Å². The largest absolute Gasteiger partial charge is 0.351 e. The van der Waals surface area contributed by atoms with Crippen LogP contribution in [0.1, 0.15) is 24.8 Å². The molecule has 0 unspecified atom stereocenters. The van der Waals surface area contributed by atoms with E-state index < -0.39 is 0 Å². The number of halogens is 1. The Kier molecular flexibility index (Phi) is 4.70. The number of hydrogen-bond acceptors (Lipinski definition) is 2. The molecule has 0 saturated carbocycles. The third-order valence-corrected chi connectivity index (χ3v) is 3.22. The third kappa shape index (κ3) is 4.11. The van der Waals surface area contributed by atoms with Crippen LogP contribution in [0.3, 0.4) is 0 Å². The number of nitrogens with one attached hydrogen (secondary N) is 1. The highest BCUT2D eigenvalue weighted by molar-refractivity contribution is 5.78. The fraction of sp³-hybridized carbons (Fsp3) is 0.500. The molecule has 2 rings (SSSR count). The van der Waals surface area contributed by atoms with Crippen LogP contribution in [0.2, 0.25) is 0 Å². The summed E-state index contributed by atoms with van der Waals surface area (Å²) in [5.74, 6) is -0.209. The van der Waals surface area contributed by atoms with E-state index in [9.17, 15) is 9.18 Å². The smallest absolute Gasteiger partial charge is 0.234 e. The van der Waals surface area contributed by atoms with E-state index in [0.717, 1.165) is 18.7 Å². The fourth-order valence-corrected chi connectivity index (χ4v) is 2.18. The van der Waals surface area contributed by atoms with Crippen LogP contribution in [-0.2, 0) is 11.3 Å². The van der Waals surface area contributed by atoms with Crippen molar-refractivity contribution in [1.29, 1.82) is 0 Å². The molecule has 1 saturated heterocycles. The Morgan fingerprint density at radius 2 is 1.83 bits per heavy atom. The Bertz CT molecular complexity index is 385. The predicted octanol–water partition coefficient (Wildman–Crippen LogP) is 1.93. The Balaban J connectivity index is 1.72. The first-order chi connectivity index (χ1) is 8.74. The maximum Gasteiger partial charge on any atom is 0.234 e. The van der Waals surface area contributed by atoms with Crippen molar-refractivity contribution >= 4 is 5.91 Å². The van der Waals surface area contributed by atoms with E-state index in [4.69, 9.17) is 0 Å². The molecule has 0 spiro atoms. The molecular formula is C14H19FN2O. The second-order valence-electron chi connectivity index (χ2n) is 4.74. The first-order valence-electron chi connectivity index (χ1n) is 6.47. The minimum atomic E-state index is -0.251. The summed E-state index contributed by atoms with van der Waals surface area (Å²) in [6.45, 7) is 2.97. The third-order valence-electron chi connectivity index (χ3n) is 3.22. The van der Waals surface area contributed by atoms with Crippen molar-refractivity contribution < 1.29 is 9.18 Å². The quantitative estimate of drug-likeness (QED) is 0.885. The average molecular weight is 250 g/mol. The van der Waals surface area contributed by atoms with Gasteiger partial charge in [0.25, 0.3) is 0 Å². The van der Waals surface area contributed by atoms with Crippen molar-refractivity contribution in [2.24, 2.45) is 0 Å². The normalized spacial score (nSPS) is 16.5. The molecule has 1 aromatic carbocycles. The molecule has 0 atom stereocenters. The molecule has 3 nitrogen and oxygen atoms in total. The number of likely N-dealkylation sites (tertiary alicyclic amines) is 1. The number of benzene rings is 1. The summed E-state index contributed by atoms with van der Waals surface area (Å²) in [4.78, 5) is 13.9. The van der Waals surface area contributed by atoms with E-state index in [2.05, 4.69) is 10.2 Å².